The molecule has 0 aromatic heterocycles. The Morgan fingerprint density at radius 2 is 1.72 bits per heavy atom. The molecular weight excluding hydrogens is 236 g/mol. The molecule has 2 aliphatic rings. The van der Waals surface area contributed by atoms with Gasteiger partial charge in [0.1, 0.15) is 0 Å². The van der Waals surface area contributed by atoms with Gasteiger partial charge in [0.25, 0.3) is 0 Å². The zero-order chi connectivity index (χ0) is 13.1. The van der Waals surface area contributed by atoms with E-state index in [1.54, 1.807) is 0 Å². The maximum absolute atomic E-state index is 11.8. The van der Waals surface area contributed by atoms with Crippen LogP contribution in [0.3, 0.4) is 0 Å². The number of aliphatic carboxylic acids is 1. The number of hydrogen-bond acceptors (Lipinski definition) is 3. The van der Waals surface area contributed by atoms with Crippen molar-refractivity contribution in [2.75, 3.05) is 6.54 Å². The van der Waals surface area contributed by atoms with Crippen molar-refractivity contribution in [1.29, 1.82) is 0 Å². The zero-order valence-electron chi connectivity index (χ0n) is 10.1. The van der Waals surface area contributed by atoms with Crippen LogP contribution in [0.25, 0.3) is 0 Å². The topological polar surface area (TPSA) is 95.5 Å². The standard InChI is InChI=1S/C12H18N2O4/c15-10(14-7-4-5-7)6-13-11(16)8-2-1-3-9(8)12(17)18/h7-9H,1-6H2,(H,13,16)(H,14,15)(H,17,18). The van der Waals surface area contributed by atoms with Gasteiger partial charge in [-0.2, -0.15) is 0 Å². The normalized spacial score (nSPS) is 26.7. The van der Waals surface area contributed by atoms with Gasteiger partial charge in [-0.1, -0.05) is 6.42 Å². The average Bonchev–Trinajstić information content (AvgIpc) is 2.98. The van der Waals surface area contributed by atoms with Gasteiger partial charge in [0, 0.05) is 6.04 Å². The summed E-state index contributed by atoms with van der Waals surface area (Å²) in [6.45, 7) is -0.0574. The molecule has 2 amide bonds. The maximum Gasteiger partial charge on any atom is 0.307 e. The first kappa shape index (κ1) is 12.9. The van der Waals surface area contributed by atoms with Gasteiger partial charge in [0.15, 0.2) is 0 Å². The summed E-state index contributed by atoms with van der Waals surface area (Å²) in [4.78, 5) is 34.1. The summed E-state index contributed by atoms with van der Waals surface area (Å²) in [5.41, 5.74) is 0. The van der Waals surface area contributed by atoms with Crippen LogP contribution >= 0.6 is 0 Å². The van der Waals surface area contributed by atoms with E-state index in [9.17, 15) is 14.4 Å². The molecule has 6 heteroatoms. The highest BCUT2D eigenvalue weighted by Crippen LogP contribution is 2.31. The number of carbonyl (C=O) groups excluding carboxylic acids is 2. The van der Waals surface area contributed by atoms with Crippen LogP contribution in [-0.4, -0.2) is 35.5 Å². The number of rotatable bonds is 5. The summed E-state index contributed by atoms with van der Waals surface area (Å²) < 4.78 is 0. The van der Waals surface area contributed by atoms with E-state index in [1.165, 1.54) is 0 Å². The van der Waals surface area contributed by atoms with Crippen molar-refractivity contribution in [2.24, 2.45) is 11.8 Å². The number of nitrogens with one attached hydrogen (secondary N) is 2. The average molecular weight is 254 g/mol. The minimum absolute atomic E-state index is 0.0574. The van der Waals surface area contributed by atoms with E-state index in [2.05, 4.69) is 10.6 Å². The first-order valence-corrected chi connectivity index (χ1v) is 6.38. The van der Waals surface area contributed by atoms with Gasteiger partial charge in [0.05, 0.1) is 18.4 Å². The predicted molar refractivity (Wildman–Crippen MR) is 62.6 cm³/mol. The molecule has 0 radical (unpaired) electrons. The lowest BCUT2D eigenvalue weighted by molar-refractivity contribution is -0.146. The molecule has 0 aliphatic heterocycles. The number of carbonyl (C=O) groups is 3. The van der Waals surface area contributed by atoms with Crippen LogP contribution in [-0.2, 0) is 14.4 Å². The molecule has 0 aromatic rings. The van der Waals surface area contributed by atoms with E-state index < -0.39 is 17.8 Å². The largest absolute Gasteiger partial charge is 0.481 e. The molecule has 2 atom stereocenters. The zero-order valence-corrected chi connectivity index (χ0v) is 10.1. The number of hydrogen-bond donors (Lipinski definition) is 3. The SMILES string of the molecule is O=C(CNC(=O)C1CCCC1C(=O)O)NC1CC1. The summed E-state index contributed by atoms with van der Waals surface area (Å²) in [7, 11) is 0. The van der Waals surface area contributed by atoms with Crippen molar-refractivity contribution >= 4 is 17.8 Å². The molecule has 18 heavy (non-hydrogen) atoms. The van der Waals surface area contributed by atoms with Crippen molar-refractivity contribution in [2.45, 2.75) is 38.1 Å². The quantitative estimate of drug-likeness (QED) is 0.637. The second-order valence-electron chi connectivity index (χ2n) is 5.04. The van der Waals surface area contributed by atoms with Crippen molar-refractivity contribution in [3.63, 3.8) is 0 Å². The molecule has 6 nitrogen and oxygen atoms in total. The molecule has 3 N–H and O–H groups in total. The highest BCUT2D eigenvalue weighted by Gasteiger charge is 2.37. The minimum atomic E-state index is -0.921. The van der Waals surface area contributed by atoms with Crippen LogP contribution in [0.4, 0.5) is 0 Å². The van der Waals surface area contributed by atoms with Crippen molar-refractivity contribution in [3.05, 3.63) is 0 Å². The second-order valence-corrected chi connectivity index (χ2v) is 5.04. The molecule has 0 bridgehead atoms. The lowest BCUT2D eigenvalue weighted by Gasteiger charge is -2.15. The van der Waals surface area contributed by atoms with Gasteiger partial charge in [-0.15, -0.1) is 0 Å². The van der Waals surface area contributed by atoms with Crippen molar-refractivity contribution in [3.8, 4) is 0 Å². The number of amides is 2. The fourth-order valence-electron chi connectivity index (χ4n) is 2.37. The van der Waals surface area contributed by atoms with E-state index in [4.69, 9.17) is 5.11 Å². The van der Waals surface area contributed by atoms with Gasteiger partial charge in [0.2, 0.25) is 11.8 Å². The van der Waals surface area contributed by atoms with E-state index in [-0.39, 0.29) is 24.4 Å². The van der Waals surface area contributed by atoms with Crippen LogP contribution in [0.5, 0.6) is 0 Å². The van der Waals surface area contributed by atoms with Gasteiger partial charge in [-0.05, 0) is 25.7 Å². The first-order chi connectivity index (χ1) is 8.58. The van der Waals surface area contributed by atoms with Gasteiger partial charge in [-0.25, -0.2) is 0 Å². The van der Waals surface area contributed by atoms with Crippen molar-refractivity contribution in [1.82, 2.24) is 10.6 Å². The van der Waals surface area contributed by atoms with Crippen molar-refractivity contribution < 1.29 is 19.5 Å². The lowest BCUT2D eigenvalue weighted by Crippen LogP contribution is -2.41. The Kier molecular flexibility index (Phi) is 3.84. The minimum Gasteiger partial charge on any atom is -0.481 e. The summed E-state index contributed by atoms with van der Waals surface area (Å²) in [5, 5.41) is 14.3. The first-order valence-electron chi connectivity index (χ1n) is 6.38. The Morgan fingerprint density at radius 3 is 2.33 bits per heavy atom. The van der Waals surface area contributed by atoms with E-state index in [0.29, 0.717) is 12.8 Å². The molecule has 2 rings (SSSR count). The van der Waals surface area contributed by atoms with Gasteiger partial charge < -0.3 is 15.7 Å². The predicted octanol–water partition coefficient (Wildman–Crippen LogP) is -0.118. The molecule has 2 unspecified atom stereocenters. The molecule has 0 aromatic carbocycles. The number of carboxylic acid groups (broad SMARTS) is 1. The Morgan fingerprint density at radius 1 is 1.06 bits per heavy atom. The van der Waals surface area contributed by atoms with Crippen LogP contribution in [0.2, 0.25) is 0 Å². The van der Waals surface area contributed by atoms with Crippen LogP contribution in [0.15, 0.2) is 0 Å². The number of carboxylic acids is 1. The van der Waals surface area contributed by atoms with Crippen LogP contribution in [0, 0.1) is 11.8 Å². The smallest absolute Gasteiger partial charge is 0.307 e. The highest BCUT2D eigenvalue weighted by atomic mass is 16.4. The Hall–Kier alpha value is -1.59. The molecule has 2 saturated carbocycles. The Bertz CT molecular complexity index is 365. The summed E-state index contributed by atoms with van der Waals surface area (Å²) in [5.74, 6) is -2.52. The van der Waals surface area contributed by atoms with Gasteiger partial charge >= 0.3 is 5.97 Å². The molecule has 0 saturated heterocycles. The summed E-state index contributed by atoms with van der Waals surface area (Å²) in [6, 6.07) is 0.271. The fourth-order valence-corrected chi connectivity index (χ4v) is 2.37. The highest BCUT2D eigenvalue weighted by molar-refractivity contribution is 5.89. The molecule has 2 aliphatic carbocycles. The molecule has 0 spiro atoms. The molecule has 0 heterocycles. The summed E-state index contributed by atoms with van der Waals surface area (Å²) >= 11 is 0. The van der Waals surface area contributed by atoms with E-state index in [1.807, 2.05) is 0 Å². The van der Waals surface area contributed by atoms with E-state index in [0.717, 1.165) is 19.3 Å². The lowest BCUT2D eigenvalue weighted by atomic mass is 9.95. The third-order valence-corrected chi connectivity index (χ3v) is 3.54. The Labute approximate surface area is 105 Å². The van der Waals surface area contributed by atoms with Crippen LogP contribution < -0.4 is 10.6 Å². The van der Waals surface area contributed by atoms with Crippen LogP contribution in [0.1, 0.15) is 32.1 Å². The molecule has 2 fully saturated rings. The fraction of sp³-hybridized carbons (Fsp3) is 0.750. The second kappa shape index (κ2) is 5.37. The summed E-state index contributed by atoms with van der Waals surface area (Å²) in [6.07, 6.45) is 3.89. The third-order valence-electron chi connectivity index (χ3n) is 3.54. The van der Waals surface area contributed by atoms with E-state index >= 15 is 0 Å². The maximum atomic E-state index is 11.8. The monoisotopic (exact) mass is 254 g/mol. The Balaban J connectivity index is 1.76. The van der Waals surface area contributed by atoms with Gasteiger partial charge in [-0.3, -0.25) is 14.4 Å². The third kappa shape index (κ3) is 3.21. The molecule has 100 valence electrons. The molecular formula is C12H18N2O4.